The van der Waals surface area contributed by atoms with Crippen molar-refractivity contribution in [2.75, 3.05) is 0 Å². The Morgan fingerprint density at radius 1 is 0.674 bits per heavy atom. The van der Waals surface area contributed by atoms with Crippen molar-refractivity contribution in [3.8, 4) is 33.8 Å². The van der Waals surface area contributed by atoms with Gasteiger partial charge in [0.25, 0.3) is 0 Å². The highest BCUT2D eigenvalue weighted by atomic mass is 19.4. The lowest BCUT2D eigenvalue weighted by molar-refractivity contribution is -0.276. The maximum Gasteiger partial charge on any atom is 0.573 e. The average molecular weight is 659 g/mol. The standard InChI is InChI=1S/C33H21F11O2/c1-2-3-4-5-25(34)30(39)19-8-6-18(7-9-19)20-10-13-24(27(36)14-20)32(40,41)45-22-11-12-23(26(35)17-22)21-15-28(37)31(29(38)16-21)46-33(42,43)44/h2-3,6-17H,4-5H2,1H3. The molecule has 0 saturated heterocycles. The molecule has 0 bridgehead atoms. The molecule has 4 aromatic carbocycles. The summed E-state index contributed by atoms with van der Waals surface area (Å²) in [7, 11) is 0. The van der Waals surface area contributed by atoms with Gasteiger partial charge in [-0.1, -0.05) is 42.5 Å². The molecule has 0 N–H and O–H groups in total. The van der Waals surface area contributed by atoms with Crippen LogP contribution in [0.3, 0.4) is 0 Å². The third-order valence-corrected chi connectivity index (χ3v) is 6.47. The van der Waals surface area contributed by atoms with E-state index in [1.165, 1.54) is 24.3 Å². The van der Waals surface area contributed by atoms with E-state index < -0.39 is 75.6 Å². The van der Waals surface area contributed by atoms with Gasteiger partial charge in [-0.2, -0.15) is 8.78 Å². The van der Waals surface area contributed by atoms with Crippen molar-refractivity contribution >= 4 is 5.83 Å². The lowest BCUT2D eigenvalue weighted by Gasteiger charge is -2.20. The highest BCUT2D eigenvalue weighted by Crippen LogP contribution is 2.38. The molecule has 0 radical (unpaired) electrons. The molecule has 0 aliphatic heterocycles. The molecule has 4 rings (SSSR count). The van der Waals surface area contributed by atoms with E-state index in [-0.39, 0.29) is 17.5 Å². The Labute approximate surface area is 255 Å². The monoisotopic (exact) mass is 658 g/mol. The quantitative estimate of drug-likeness (QED) is 0.125. The number of rotatable bonds is 10. The highest BCUT2D eigenvalue weighted by Gasteiger charge is 2.38. The number of ether oxygens (including phenoxy) is 2. The van der Waals surface area contributed by atoms with Crippen molar-refractivity contribution in [1.29, 1.82) is 0 Å². The van der Waals surface area contributed by atoms with Crippen LogP contribution in [-0.4, -0.2) is 6.36 Å². The molecule has 0 unspecified atom stereocenters. The molecule has 0 aliphatic carbocycles. The van der Waals surface area contributed by atoms with Crippen LogP contribution in [0.2, 0.25) is 0 Å². The van der Waals surface area contributed by atoms with Crippen LogP contribution >= 0.6 is 0 Å². The summed E-state index contributed by atoms with van der Waals surface area (Å²) < 4.78 is 161. The summed E-state index contributed by atoms with van der Waals surface area (Å²) in [5.74, 6) is -11.0. The van der Waals surface area contributed by atoms with Gasteiger partial charge in [0.05, 0.1) is 5.56 Å². The fraction of sp³-hybridized carbons (Fsp3) is 0.152. The van der Waals surface area contributed by atoms with Gasteiger partial charge in [-0.3, -0.25) is 0 Å². The first kappa shape index (κ1) is 34.1. The summed E-state index contributed by atoms with van der Waals surface area (Å²) >= 11 is 0. The number of alkyl halides is 5. The van der Waals surface area contributed by atoms with Gasteiger partial charge in [0.1, 0.15) is 23.2 Å². The molecule has 0 saturated carbocycles. The van der Waals surface area contributed by atoms with Crippen LogP contribution in [-0.2, 0) is 6.11 Å². The molecular weight excluding hydrogens is 637 g/mol. The third-order valence-electron chi connectivity index (χ3n) is 6.47. The first-order valence-corrected chi connectivity index (χ1v) is 13.3. The Bertz CT molecular complexity index is 1750. The van der Waals surface area contributed by atoms with E-state index in [9.17, 15) is 48.3 Å². The smallest absolute Gasteiger partial charge is 0.429 e. The maximum absolute atomic E-state index is 14.9. The largest absolute Gasteiger partial charge is 0.573 e. The van der Waals surface area contributed by atoms with Gasteiger partial charge in [-0.05, 0) is 66.4 Å². The normalized spacial score (nSPS) is 12.8. The van der Waals surface area contributed by atoms with E-state index in [0.29, 0.717) is 36.2 Å². The van der Waals surface area contributed by atoms with Crippen molar-refractivity contribution < 1.29 is 57.8 Å². The van der Waals surface area contributed by atoms with Crippen molar-refractivity contribution in [2.24, 2.45) is 0 Å². The third kappa shape index (κ3) is 8.06. The van der Waals surface area contributed by atoms with Gasteiger partial charge in [-0.25, -0.2) is 26.3 Å². The van der Waals surface area contributed by atoms with Gasteiger partial charge in [0.2, 0.25) is 5.75 Å². The molecule has 13 heteroatoms. The first-order valence-electron chi connectivity index (χ1n) is 13.3. The Balaban J connectivity index is 1.51. The highest BCUT2D eigenvalue weighted by molar-refractivity contribution is 5.69. The molecule has 0 aromatic heterocycles. The molecule has 0 aliphatic rings. The summed E-state index contributed by atoms with van der Waals surface area (Å²) in [4.78, 5) is 0. The minimum Gasteiger partial charge on any atom is -0.429 e. The lowest BCUT2D eigenvalue weighted by Crippen LogP contribution is -2.23. The van der Waals surface area contributed by atoms with Crippen LogP contribution < -0.4 is 9.47 Å². The Morgan fingerprint density at radius 2 is 1.28 bits per heavy atom. The molecule has 0 atom stereocenters. The van der Waals surface area contributed by atoms with Crippen LogP contribution in [0.15, 0.2) is 90.8 Å². The molecule has 2 nitrogen and oxygen atoms in total. The number of halogens is 11. The van der Waals surface area contributed by atoms with E-state index in [4.69, 9.17) is 0 Å². The maximum atomic E-state index is 14.9. The number of allylic oxidation sites excluding steroid dienone is 3. The van der Waals surface area contributed by atoms with Crippen LogP contribution in [0.25, 0.3) is 28.1 Å². The molecule has 0 heterocycles. The van der Waals surface area contributed by atoms with Gasteiger partial charge < -0.3 is 9.47 Å². The van der Waals surface area contributed by atoms with Gasteiger partial charge >= 0.3 is 12.5 Å². The summed E-state index contributed by atoms with van der Waals surface area (Å²) in [5.41, 5.74) is -2.06. The number of hydrogen-bond acceptors (Lipinski definition) is 2. The predicted molar refractivity (Wildman–Crippen MR) is 148 cm³/mol. The Morgan fingerprint density at radius 3 is 1.85 bits per heavy atom. The number of benzene rings is 4. The molecule has 46 heavy (non-hydrogen) atoms. The minimum atomic E-state index is -5.41. The minimum absolute atomic E-state index is 0.0697. The molecule has 0 fully saturated rings. The van der Waals surface area contributed by atoms with Crippen LogP contribution in [0, 0.1) is 23.3 Å². The van der Waals surface area contributed by atoms with Crippen molar-refractivity contribution in [3.05, 3.63) is 125 Å². The van der Waals surface area contributed by atoms with Crippen molar-refractivity contribution in [2.45, 2.75) is 32.2 Å². The summed E-state index contributed by atoms with van der Waals surface area (Å²) in [6, 6.07) is 10.4. The molecule has 242 valence electrons. The van der Waals surface area contributed by atoms with Crippen LogP contribution in [0.4, 0.5) is 48.3 Å². The van der Waals surface area contributed by atoms with Gasteiger partial charge in [-0.15, -0.1) is 13.2 Å². The summed E-state index contributed by atoms with van der Waals surface area (Å²) in [6.07, 6.45) is -6.22. The van der Waals surface area contributed by atoms with Crippen LogP contribution in [0.1, 0.15) is 30.9 Å². The van der Waals surface area contributed by atoms with E-state index >= 15 is 0 Å². The van der Waals surface area contributed by atoms with Crippen molar-refractivity contribution in [3.63, 3.8) is 0 Å². The zero-order chi connectivity index (χ0) is 33.8. The second kappa shape index (κ2) is 13.7. The van der Waals surface area contributed by atoms with Crippen LogP contribution in [0.5, 0.6) is 11.5 Å². The second-order valence-electron chi connectivity index (χ2n) is 9.68. The predicted octanol–water partition coefficient (Wildman–Crippen LogP) is 11.6. The zero-order valence-electron chi connectivity index (χ0n) is 23.5. The fourth-order valence-corrected chi connectivity index (χ4v) is 4.31. The van der Waals surface area contributed by atoms with Gasteiger partial charge in [0, 0.05) is 23.6 Å². The van der Waals surface area contributed by atoms with E-state index in [1.807, 2.05) is 0 Å². The fourth-order valence-electron chi connectivity index (χ4n) is 4.31. The average Bonchev–Trinajstić information content (AvgIpc) is 2.98. The number of hydrogen-bond donors (Lipinski definition) is 0. The van der Waals surface area contributed by atoms with Gasteiger partial charge in [0.15, 0.2) is 17.5 Å². The summed E-state index contributed by atoms with van der Waals surface area (Å²) in [6.45, 7) is 1.74. The van der Waals surface area contributed by atoms with E-state index in [1.54, 1.807) is 19.1 Å². The van der Waals surface area contributed by atoms with E-state index in [0.717, 1.165) is 24.3 Å². The molecular formula is C33H21F11O2. The molecule has 0 amide bonds. The lowest BCUT2D eigenvalue weighted by atomic mass is 10.0. The topological polar surface area (TPSA) is 18.5 Å². The van der Waals surface area contributed by atoms with Crippen molar-refractivity contribution in [1.82, 2.24) is 0 Å². The first-order chi connectivity index (χ1) is 21.6. The zero-order valence-corrected chi connectivity index (χ0v) is 23.5. The SMILES string of the molecule is CC=CCCC(F)=C(F)c1ccc(-c2ccc(C(F)(F)Oc3ccc(-c4cc(F)c(OC(F)(F)F)c(F)c4)c(F)c3)c(F)c2)cc1. The molecule has 4 aromatic rings. The second-order valence-corrected chi connectivity index (χ2v) is 9.68. The van der Waals surface area contributed by atoms with E-state index in [2.05, 4.69) is 9.47 Å². The Hall–Kier alpha value is -4.81. The Kier molecular flexibility index (Phi) is 10.1. The molecule has 0 spiro atoms. The summed E-state index contributed by atoms with van der Waals surface area (Å²) in [5, 5.41) is 0.